The summed E-state index contributed by atoms with van der Waals surface area (Å²) >= 11 is 0. The summed E-state index contributed by atoms with van der Waals surface area (Å²) < 4.78 is 36.7. The summed E-state index contributed by atoms with van der Waals surface area (Å²) in [7, 11) is -1.98. The molecule has 1 aliphatic heterocycles. The molecule has 0 aliphatic carbocycles. The SMILES string of the molecule is COc1cc(C2CCN(S(=O)(=O)c3ccccn3)CC2)on1. The highest BCUT2D eigenvalue weighted by Gasteiger charge is 2.32. The lowest BCUT2D eigenvalue weighted by atomic mass is 9.96. The molecule has 2 aromatic rings. The molecule has 3 heterocycles. The maximum absolute atomic E-state index is 12.5. The number of pyridine rings is 1. The van der Waals surface area contributed by atoms with Gasteiger partial charge in [-0.25, -0.2) is 13.4 Å². The smallest absolute Gasteiger partial charge is 0.260 e. The third-order valence-electron chi connectivity index (χ3n) is 3.81. The van der Waals surface area contributed by atoms with Crippen molar-refractivity contribution in [2.75, 3.05) is 20.2 Å². The molecule has 0 unspecified atom stereocenters. The quantitative estimate of drug-likeness (QED) is 0.850. The minimum Gasteiger partial charge on any atom is -0.479 e. The van der Waals surface area contributed by atoms with Gasteiger partial charge < -0.3 is 9.26 Å². The molecule has 1 saturated heterocycles. The Morgan fingerprint density at radius 1 is 1.32 bits per heavy atom. The van der Waals surface area contributed by atoms with Gasteiger partial charge in [-0.2, -0.15) is 4.31 Å². The fourth-order valence-corrected chi connectivity index (χ4v) is 3.97. The second-order valence-electron chi connectivity index (χ2n) is 5.12. The number of hydrogen-bond acceptors (Lipinski definition) is 6. The van der Waals surface area contributed by atoms with Crippen LogP contribution >= 0.6 is 0 Å². The van der Waals surface area contributed by atoms with Crippen LogP contribution in [0.3, 0.4) is 0 Å². The Bertz CT molecular complexity index is 722. The maximum Gasteiger partial charge on any atom is 0.260 e. The summed E-state index contributed by atoms with van der Waals surface area (Å²) in [6.45, 7) is 0.874. The molecule has 8 heteroatoms. The number of methoxy groups -OCH3 is 1. The minimum absolute atomic E-state index is 0.0924. The van der Waals surface area contributed by atoms with Crippen LogP contribution in [0.5, 0.6) is 5.88 Å². The van der Waals surface area contributed by atoms with E-state index < -0.39 is 10.0 Å². The van der Waals surface area contributed by atoms with Crippen LogP contribution in [0, 0.1) is 0 Å². The van der Waals surface area contributed by atoms with E-state index in [1.165, 1.54) is 23.7 Å². The molecule has 0 bridgehead atoms. The standard InChI is InChI=1S/C14H17N3O4S/c1-20-13-10-12(21-16-13)11-5-8-17(9-6-11)22(18,19)14-4-2-3-7-15-14/h2-4,7,10-11H,5-6,8-9H2,1H3. The Morgan fingerprint density at radius 2 is 2.09 bits per heavy atom. The van der Waals surface area contributed by atoms with E-state index in [0.29, 0.717) is 31.8 Å². The Balaban J connectivity index is 1.69. The molecule has 1 fully saturated rings. The number of hydrogen-bond donors (Lipinski definition) is 0. The molecule has 0 aromatic carbocycles. The van der Waals surface area contributed by atoms with Crippen molar-refractivity contribution in [3.63, 3.8) is 0 Å². The van der Waals surface area contributed by atoms with E-state index in [2.05, 4.69) is 10.1 Å². The van der Waals surface area contributed by atoms with Crippen molar-refractivity contribution in [3.8, 4) is 5.88 Å². The lowest BCUT2D eigenvalue weighted by Crippen LogP contribution is -2.38. The molecule has 0 N–H and O–H groups in total. The zero-order valence-corrected chi connectivity index (χ0v) is 13.0. The summed E-state index contributed by atoms with van der Waals surface area (Å²) in [4.78, 5) is 3.94. The van der Waals surface area contributed by atoms with Gasteiger partial charge in [-0.05, 0) is 30.1 Å². The minimum atomic E-state index is -3.52. The predicted molar refractivity (Wildman–Crippen MR) is 78.0 cm³/mol. The van der Waals surface area contributed by atoms with Crippen LogP contribution in [-0.2, 0) is 10.0 Å². The first-order chi connectivity index (χ1) is 10.6. The summed E-state index contributed by atoms with van der Waals surface area (Å²) in [5, 5.41) is 3.88. The Kier molecular flexibility index (Phi) is 4.12. The summed E-state index contributed by atoms with van der Waals surface area (Å²) in [5.41, 5.74) is 0. The van der Waals surface area contributed by atoms with Crippen LogP contribution in [0.15, 0.2) is 40.0 Å². The first kappa shape index (κ1) is 15.0. The van der Waals surface area contributed by atoms with Gasteiger partial charge in [0.1, 0.15) is 5.76 Å². The Labute approximate surface area is 128 Å². The van der Waals surface area contributed by atoms with Crippen LogP contribution in [0.1, 0.15) is 24.5 Å². The Hall–Kier alpha value is -1.93. The average Bonchev–Trinajstić information content (AvgIpc) is 3.05. The number of ether oxygens (including phenoxy) is 1. The predicted octanol–water partition coefficient (Wildman–Crippen LogP) is 1.65. The number of aromatic nitrogens is 2. The van der Waals surface area contributed by atoms with E-state index in [0.717, 1.165) is 5.76 Å². The zero-order chi connectivity index (χ0) is 15.6. The first-order valence-electron chi connectivity index (χ1n) is 7.03. The van der Waals surface area contributed by atoms with Gasteiger partial charge in [0.15, 0.2) is 5.03 Å². The van der Waals surface area contributed by atoms with Crippen LogP contribution in [-0.4, -0.2) is 43.1 Å². The third-order valence-corrected chi connectivity index (χ3v) is 5.63. The second-order valence-corrected chi connectivity index (χ2v) is 7.00. The van der Waals surface area contributed by atoms with Crippen molar-refractivity contribution in [2.45, 2.75) is 23.8 Å². The fraction of sp³-hybridized carbons (Fsp3) is 0.429. The molecule has 2 aromatic heterocycles. The number of piperidine rings is 1. The normalized spacial score (nSPS) is 17.5. The van der Waals surface area contributed by atoms with Crippen LogP contribution in [0.2, 0.25) is 0 Å². The van der Waals surface area contributed by atoms with Gasteiger partial charge in [0, 0.05) is 31.3 Å². The van der Waals surface area contributed by atoms with Crippen LogP contribution in [0.25, 0.3) is 0 Å². The van der Waals surface area contributed by atoms with Gasteiger partial charge in [-0.15, -0.1) is 0 Å². The molecule has 3 rings (SSSR count). The fourth-order valence-electron chi connectivity index (χ4n) is 2.57. The van der Waals surface area contributed by atoms with E-state index in [-0.39, 0.29) is 10.9 Å². The van der Waals surface area contributed by atoms with E-state index in [1.807, 2.05) is 0 Å². The average molecular weight is 323 g/mol. The molecule has 1 aliphatic rings. The van der Waals surface area contributed by atoms with Gasteiger partial charge in [-0.1, -0.05) is 6.07 Å². The molecule has 0 amide bonds. The number of sulfonamides is 1. The monoisotopic (exact) mass is 323 g/mol. The van der Waals surface area contributed by atoms with E-state index in [9.17, 15) is 8.42 Å². The molecule has 0 saturated carbocycles. The molecule has 7 nitrogen and oxygen atoms in total. The summed E-state index contributed by atoms with van der Waals surface area (Å²) in [6, 6.07) is 6.65. The molecule has 22 heavy (non-hydrogen) atoms. The van der Waals surface area contributed by atoms with E-state index >= 15 is 0 Å². The molecule has 118 valence electrons. The van der Waals surface area contributed by atoms with Crippen molar-refractivity contribution in [3.05, 3.63) is 36.2 Å². The topological polar surface area (TPSA) is 85.5 Å². The first-order valence-corrected chi connectivity index (χ1v) is 8.47. The van der Waals surface area contributed by atoms with Crippen molar-refractivity contribution in [1.29, 1.82) is 0 Å². The zero-order valence-electron chi connectivity index (χ0n) is 12.2. The van der Waals surface area contributed by atoms with E-state index in [1.54, 1.807) is 18.2 Å². The van der Waals surface area contributed by atoms with Gasteiger partial charge in [0.05, 0.1) is 7.11 Å². The van der Waals surface area contributed by atoms with E-state index in [4.69, 9.17) is 9.26 Å². The summed E-state index contributed by atoms with van der Waals surface area (Å²) in [6.07, 6.45) is 2.86. The van der Waals surface area contributed by atoms with Crippen LogP contribution in [0.4, 0.5) is 0 Å². The van der Waals surface area contributed by atoms with Gasteiger partial charge in [-0.3, -0.25) is 0 Å². The van der Waals surface area contributed by atoms with Gasteiger partial charge in [0.25, 0.3) is 15.9 Å². The molecule has 0 radical (unpaired) electrons. The molecule has 0 spiro atoms. The van der Waals surface area contributed by atoms with Crippen LogP contribution < -0.4 is 4.74 Å². The lowest BCUT2D eigenvalue weighted by Gasteiger charge is -2.29. The highest BCUT2D eigenvalue weighted by molar-refractivity contribution is 7.89. The van der Waals surface area contributed by atoms with Crippen molar-refractivity contribution in [1.82, 2.24) is 14.4 Å². The highest BCUT2D eigenvalue weighted by Crippen LogP contribution is 2.31. The maximum atomic E-state index is 12.5. The number of nitrogens with zero attached hydrogens (tertiary/aromatic N) is 3. The van der Waals surface area contributed by atoms with Crippen molar-refractivity contribution >= 4 is 10.0 Å². The van der Waals surface area contributed by atoms with Gasteiger partial charge in [0.2, 0.25) is 0 Å². The largest absolute Gasteiger partial charge is 0.479 e. The molecule has 0 atom stereocenters. The molecular formula is C14H17N3O4S. The third kappa shape index (κ3) is 2.84. The van der Waals surface area contributed by atoms with Crippen molar-refractivity contribution < 1.29 is 17.7 Å². The lowest BCUT2D eigenvalue weighted by molar-refractivity contribution is 0.269. The Morgan fingerprint density at radius 3 is 2.68 bits per heavy atom. The molecular weight excluding hydrogens is 306 g/mol. The second kappa shape index (κ2) is 6.05. The van der Waals surface area contributed by atoms with Crippen molar-refractivity contribution in [2.24, 2.45) is 0 Å². The highest BCUT2D eigenvalue weighted by atomic mass is 32.2. The number of rotatable bonds is 4. The summed E-state index contributed by atoms with van der Waals surface area (Å²) in [5.74, 6) is 1.34. The van der Waals surface area contributed by atoms with Gasteiger partial charge >= 0.3 is 0 Å².